The molecular formula is C27H28N2. The molecule has 3 aromatic carbocycles. The minimum Gasteiger partial charge on any atom is -0.345 e. The molecule has 4 aromatic rings. The van der Waals surface area contributed by atoms with Crippen LogP contribution in [0.5, 0.6) is 0 Å². The average Bonchev–Trinajstić information content (AvgIpc) is 3.26. The van der Waals surface area contributed by atoms with Gasteiger partial charge in [-0.15, -0.1) is 0 Å². The number of nitrogens with one attached hydrogen (secondary N) is 1. The highest BCUT2D eigenvalue weighted by Gasteiger charge is 2.39. The monoisotopic (exact) mass is 380 g/mol. The molecule has 1 aromatic heterocycles. The van der Waals surface area contributed by atoms with Gasteiger partial charge in [-0.05, 0) is 23.1 Å². The summed E-state index contributed by atoms with van der Waals surface area (Å²) in [4.78, 5) is 8.47. The van der Waals surface area contributed by atoms with Crippen LogP contribution in [0, 0.1) is 0 Å². The highest BCUT2D eigenvalue weighted by molar-refractivity contribution is 5.57. The smallest absolute Gasteiger partial charge is 0.106 e. The second-order valence-electron chi connectivity index (χ2n) is 7.55. The standard InChI is InChI=1S/C27H28N2/c1-2-3-7-20-26-28-21-25(29-26)27(22-14-8-4-9-15-22,23-16-10-5-11-17-23)24-18-12-6-13-19-24/h4-6,8-19,21H,2-3,7,20H2,1H3,(H,28,29). The lowest BCUT2D eigenvalue weighted by Crippen LogP contribution is -2.31. The van der Waals surface area contributed by atoms with Crippen molar-refractivity contribution in [2.75, 3.05) is 0 Å². The van der Waals surface area contributed by atoms with E-state index >= 15 is 0 Å². The van der Waals surface area contributed by atoms with E-state index in [0.717, 1.165) is 17.9 Å². The first-order valence-corrected chi connectivity index (χ1v) is 10.6. The van der Waals surface area contributed by atoms with E-state index in [0.29, 0.717) is 0 Å². The first-order chi connectivity index (χ1) is 14.4. The van der Waals surface area contributed by atoms with Crippen molar-refractivity contribution in [1.82, 2.24) is 9.97 Å². The van der Waals surface area contributed by atoms with Crippen molar-refractivity contribution in [3.8, 4) is 0 Å². The molecule has 146 valence electrons. The summed E-state index contributed by atoms with van der Waals surface area (Å²) in [6.07, 6.45) is 6.64. The van der Waals surface area contributed by atoms with Crippen molar-refractivity contribution in [1.29, 1.82) is 0 Å². The second-order valence-corrected chi connectivity index (χ2v) is 7.55. The van der Waals surface area contributed by atoms with Crippen molar-refractivity contribution in [2.24, 2.45) is 0 Å². The maximum absolute atomic E-state index is 4.77. The Hall–Kier alpha value is -3.13. The molecule has 0 saturated carbocycles. The van der Waals surface area contributed by atoms with E-state index < -0.39 is 5.41 Å². The molecule has 0 fully saturated rings. The van der Waals surface area contributed by atoms with Crippen molar-refractivity contribution < 1.29 is 0 Å². The molecule has 2 heteroatoms. The zero-order valence-corrected chi connectivity index (χ0v) is 17.0. The fourth-order valence-electron chi connectivity index (χ4n) is 4.25. The zero-order valence-electron chi connectivity index (χ0n) is 17.0. The average molecular weight is 381 g/mol. The fourth-order valence-corrected chi connectivity index (χ4v) is 4.25. The van der Waals surface area contributed by atoms with Crippen LogP contribution in [-0.4, -0.2) is 9.97 Å². The minimum atomic E-state index is -0.431. The molecule has 2 nitrogen and oxygen atoms in total. The molecule has 0 saturated heterocycles. The lowest BCUT2D eigenvalue weighted by molar-refractivity contribution is 0.686. The van der Waals surface area contributed by atoms with Crippen molar-refractivity contribution >= 4 is 0 Å². The third-order valence-electron chi connectivity index (χ3n) is 5.67. The van der Waals surface area contributed by atoms with E-state index in [4.69, 9.17) is 4.98 Å². The van der Waals surface area contributed by atoms with Gasteiger partial charge in [-0.1, -0.05) is 111 Å². The van der Waals surface area contributed by atoms with Crippen LogP contribution >= 0.6 is 0 Å². The van der Waals surface area contributed by atoms with Crippen LogP contribution < -0.4 is 0 Å². The first kappa shape index (κ1) is 19.2. The van der Waals surface area contributed by atoms with Gasteiger partial charge in [0.25, 0.3) is 0 Å². The van der Waals surface area contributed by atoms with Gasteiger partial charge in [0, 0.05) is 12.6 Å². The van der Waals surface area contributed by atoms with Gasteiger partial charge in [0.2, 0.25) is 0 Å². The zero-order chi connectivity index (χ0) is 19.9. The lowest BCUT2D eigenvalue weighted by Gasteiger charge is -2.35. The van der Waals surface area contributed by atoms with Crippen LogP contribution in [0.3, 0.4) is 0 Å². The molecule has 0 amide bonds. The number of imidazole rings is 1. The summed E-state index contributed by atoms with van der Waals surface area (Å²) < 4.78 is 0. The number of H-pyrrole nitrogens is 1. The number of nitrogens with zero attached hydrogens (tertiary/aromatic N) is 1. The van der Waals surface area contributed by atoms with Crippen molar-refractivity contribution in [3.05, 3.63) is 125 Å². The molecule has 0 aliphatic heterocycles. The van der Waals surface area contributed by atoms with Gasteiger partial charge in [-0.3, -0.25) is 0 Å². The van der Waals surface area contributed by atoms with Gasteiger partial charge in [0.1, 0.15) is 5.82 Å². The molecule has 0 unspecified atom stereocenters. The lowest BCUT2D eigenvalue weighted by atomic mass is 9.67. The van der Waals surface area contributed by atoms with Gasteiger partial charge < -0.3 is 4.98 Å². The van der Waals surface area contributed by atoms with Crippen LogP contribution in [-0.2, 0) is 11.8 Å². The van der Waals surface area contributed by atoms with Crippen LogP contribution in [0.1, 0.15) is 54.4 Å². The Morgan fingerprint density at radius 2 is 1.17 bits per heavy atom. The molecule has 1 heterocycles. The molecule has 29 heavy (non-hydrogen) atoms. The molecule has 0 atom stereocenters. The number of unbranched alkanes of at least 4 members (excludes halogenated alkanes) is 2. The van der Waals surface area contributed by atoms with Crippen LogP contribution in [0.2, 0.25) is 0 Å². The third kappa shape index (κ3) is 3.75. The van der Waals surface area contributed by atoms with Crippen LogP contribution in [0.4, 0.5) is 0 Å². The summed E-state index contributed by atoms with van der Waals surface area (Å²) in [5.41, 5.74) is 4.40. The Labute approximate surface area is 173 Å². The van der Waals surface area contributed by atoms with E-state index in [2.05, 4.69) is 103 Å². The Morgan fingerprint density at radius 1 is 0.690 bits per heavy atom. The summed E-state index contributed by atoms with van der Waals surface area (Å²) in [5, 5.41) is 0. The number of aryl methyl sites for hydroxylation is 1. The van der Waals surface area contributed by atoms with E-state index in [1.165, 1.54) is 36.0 Å². The van der Waals surface area contributed by atoms with Gasteiger partial charge in [-0.2, -0.15) is 0 Å². The predicted molar refractivity (Wildman–Crippen MR) is 120 cm³/mol. The van der Waals surface area contributed by atoms with Crippen molar-refractivity contribution in [3.63, 3.8) is 0 Å². The topological polar surface area (TPSA) is 28.7 Å². The largest absolute Gasteiger partial charge is 0.345 e. The van der Waals surface area contributed by atoms with Gasteiger partial charge in [-0.25, -0.2) is 4.98 Å². The normalized spacial score (nSPS) is 11.5. The molecular weight excluding hydrogens is 352 g/mol. The molecule has 0 radical (unpaired) electrons. The van der Waals surface area contributed by atoms with Gasteiger partial charge >= 0.3 is 0 Å². The Balaban J connectivity index is 1.94. The number of rotatable bonds is 8. The Morgan fingerprint density at radius 3 is 1.62 bits per heavy atom. The molecule has 1 N–H and O–H groups in total. The SMILES string of the molecule is CCCCCc1ncc(C(c2ccccc2)(c2ccccc2)c2ccccc2)[nH]1. The van der Waals surface area contributed by atoms with Gasteiger partial charge in [0.05, 0.1) is 11.1 Å². The van der Waals surface area contributed by atoms with Crippen LogP contribution in [0.25, 0.3) is 0 Å². The summed E-state index contributed by atoms with van der Waals surface area (Å²) in [6, 6.07) is 32.3. The molecule has 0 aliphatic carbocycles. The number of aromatic amines is 1. The molecule has 0 bridgehead atoms. The van der Waals surface area contributed by atoms with Crippen molar-refractivity contribution in [2.45, 2.75) is 38.0 Å². The molecule has 0 spiro atoms. The van der Waals surface area contributed by atoms with E-state index in [-0.39, 0.29) is 0 Å². The number of benzene rings is 3. The Bertz CT molecular complexity index is 907. The van der Waals surface area contributed by atoms with Crippen LogP contribution in [0.15, 0.2) is 97.2 Å². The van der Waals surface area contributed by atoms with Gasteiger partial charge in [0.15, 0.2) is 0 Å². The summed E-state index contributed by atoms with van der Waals surface area (Å²) in [6.45, 7) is 2.23. The number of hydrogen-bond donors (Lipinski definition) is 1. The predicted octanol–water partition coefficient (Wildman–Crippen LogP) is 6.53. The van der Waals surface area contributed by atoms with E-state index in [9.17, 15) is 0 Å². The highest BCUT2D eigenvalue weighted by Crippen LogP contribution is 2.44. The number of hydrogen-bond acceptors (Lipinski definition) is 1. The summed E-state index contributed by atoms with van der Waals surface area (Å²) >= 11 is 0. The Kier molecular flexibility index (Phi) is 5.90. The quantitative estimate of drug-likeness (QED) is 0.273. The minimum absolute atomic E-state index is 0.431. The highest BCUT2D eigenvalue weighted by atomic mass is 14.9. The fraction of sp³-hybridized carbons (Fsp3) is 0.222. The first-order valence-electron chi connectivity index (χ1n) is 10.6. The molecule has 0 aliphatic rings. The summed E-state index contributed by atoms with van der Waals surface area (Å²) in [5.74, 6) is 1.07. The maximum atomic E-state index is 4.77. The number of aromatic nitrogens is 2. The van der Waals surface area contributed by atoms with E-state index in [1.807, 2.05) is 6.20 Å². The molecule has 4 rings (SSSR count). The summed E-state index contributed by atoms with van der Waals surface area (Å²) in [7, 11) is 0. The second kappa shape index (κ2) is 8.91. The maximum Gasteiger partial charge on any atom is 0.106 e. The third-order valence-corrected chi connectivity index (χ3v) is 5.67. The van der Waals surface area contributed by atoms with E-state index in [1.54, 1.807) is 0 Å².